The van der Waals surface area contributed by atoms with E-state index in [1.165, 1.54) is 4.90 Å². The van der Waals surface area contributed by atoms with E-state index in [1.807, 2.05) is 31.4 Å². The number of hydrogen-bond donors (Lipinski definition) is 1. The van der Waals surface area contributed by atoms with Crippen LogP contribution in [0, 0.1) is 5.92 Å². The fraction of sp³-hybridized carbons (Fsp3) is 0.467. The standard InChI is InChI=1S/C15H20N2O2S/c1-3-17-10-12(8-14(17)18)15(19)16-9-11-5-4-6-13(7-11)20-2/h4-7,12H,3,8-10H2,1-2H3,(H,16,19). The molecule has 1 atom stereocenters. The molecule has 0 bridgehead atoms. The van der Waals surface area contributed by atoms with Crippen molar-refractivity contribution in [3.05, 3.63) is 29.8 Å². The Morgan fingerprint density at radius 1 is 1.50 bits per heavy atom. The zero-order chi connectivity index (χ0) is 14.5. The van der Waals surface area contributed by atoms with Gasteiger partial charge in [-0.05, 0) is 30.9 Å². The molecule has 5 heteroatoms. The van der Waals surface area contributed by atoms with Gasteiger partial charge in [0.15, 0.2) is 0 Å². The third-order valence-electron chi connectivity index (χ3n) is 3.57. The molecule has 0 aromatic heterocycles. The molecule has 1 unspecified atom stereocenters. The van der Waals surface area contributed by atoms with Gasteiger partial charge in [-0.1, -0.05) is 12.1 Å². The third kappa shape index (κ3) is 3.54. The SMILES string of the molecule is CCN1CC(C(=O)NCc2cccc(SC)c2)CC1=O. The summed E-state index contributed by atoms with van der Waals surface area (Å²) in [6, 6.07) is 8.11. The van der Waals surface area contributed by atoms with Crippen molar-refractivity contribution in [1.29, 1.82) is 0 Å². The molecule has 1 aliphatic rings. The molecule has 1 aliphatic heterocycles. The van der Waals surface area contributed by atoms with Crippen molar-refractivity contribution in [3.63, 3.8) is 0 Å². The van der Waals surface area contributed by atoms with Gasteiger partial charge in [-0.15, -0.1) is 11.8 Å². The smallest absolute Gasteiger partial charge is 0.225 e. The first-order valence-electron chi connectivity index (χ1n) is 6.82. The zero-order valence-corrected chi connectivity index (χ0v) is 12.7. The van der Waals surface area contributed by atoms with Gasteiger partial charge < -0.3 is 10.2 Å². The Balaban J connectivity index is 1.88. The molecule has 2 rings (SSSR count). The van der Waals surface area contributed by atoms with E-state index in [1.54, 1.807) is 16.7 Å². The van der Waals surface area contributed by atoms with E-state index in [2.05, 4.69) is 11.4 Å². The summed E-state index contributed by atoms with van der Waals surface area (Å²) in [6.45, 7) is 3.68. The number of nitrogens with one attached hydrogen (secondary N) is 1. The lowest BCUT2D eigenvalue weighted by Crippen LogP contribution is -2.32. The highest BCUT2D eigenvalue weighted by Crippen LogP contribution is 2.18. The van der Waals surface area contributed by atoms with Crippen LogP contribution in [0.5, 0.6) is 0 Å². The van der Waals surface area contributed by atoms with Crippen LogP contribution < -0.4 is 5.32 Å². The second-order valence-corrected chi connectivity index (χ2v) is 5.78. The summed E-state index contributed by atoms with van der Waals surface area (Å²) in [5.41, 5.74) is 1.09. The maximum absolute atomic E-state index is 12.1. The van der Waals surface area contributed by atoms with Crippen LogP contribution in [0.25, 0.3) is 0 Å². The molecule has 0 aliphatic carbocycles. The molecule has 1 N–H and O–H groups in total. The summed E-state index contributed by atoms with van der Waals surface area (Å²) in [4.78, 5) is 26.6. The molecule has 1 saturated heterocycles. The number of benzene rings is 1. The van der Waals surface area contributed by atoms with E-state index < -0.39 is 0 Å². The molecule has 1 heterocycles. The van der Waals surface area contributed by atoms with E-state index in [4.69, 9.17) is 0 Å². The molecule has 20 heavy (non-hydrogen) atoms. The van der Waals surface area contributed by atoms with Crippen molar-refractivity contribution in [2.45, 2.75) is 24.8 Å². The van der Waals surface area contributed by atoms with E-state index >= 15 is 0 Å². The van der Waals surface area contributed by atoms with Gasteiger partial charge in [-0.25, -0.2) is 0 Å². The van der Waals surface area contributed by atoms with Gasteiger partial charge >= 0.3 is 0 Å². The highest BCUT2D eigenvalue weighted by molar-refractivity contribution is 7.98. The van der Waals surface area contributed by atoms with Crippen molar-refractivity contribution >= 4 is 23.6 Å². The number of thioether (sulfide) groups is 1. The van der Waals surface area contributed by atoms with Crippen LogP contribution in [-0.4, -0.2) is 36.1 Å². The van der Waals surface area contributed by atoms with Crippen LogP contribution in [-0.2, 0) is 16.1 Å². The van der Waals surface area contributed by atoms with Crippen LogP contribution in [0.1, 0.15) is 18.9 Å². The molecular weight excluding hydrogens is 272 g/mol. The first-order valence-corrected chi connectivity index (χ1v) is 8.05. The summed E-state index contributed by atoms with van der Waals surface area (Å²) in [5.74, 6) is -0.146. The van der Waals surface area contributed by atoms with Gasteiger partial charge in [0.2, 0.25) is 11.8 Å². The quantitative estimate of drug-likeness (QED) is 0.843. The van der Waals surface area contributed by atoms with E-state index in [-0.39, 0.29) is 17.7 Å². The van der Waals surface area contributed by atoms with Crippen molar-refractivity contribution in [2.75, 3.05) is 19.3 Å². The van der Waals surface area contributed by atoms with Crippen molar-refractivity contribution in [1.82, 2.24) is 10.2 Å². The van der Waals surface area contributed by atoms with Gasteiger partial charge in [0.05, 0.1) is 5.92 Å². The molecule has 0 spiro atoms. The first-order chi connectivity index (χ1) is 9.63. The normalized spacial score (nSPS) is 18.4. The Hall–Kier alpha value is -1.49. The van der Waals surface area contributed by atoms with Gasteiger partial charge in [0, 0.05) is 31.0 Å². The Kier molecular flexibility index (Phi) is 5.06. The predicted octanol–water partition coefficient (Wildman–Crippen LogP) is 1.89. The Bertz CT molecular complexity index is 504. The lowest BCUT2D eigenvalue weighted by molar-refractivity contribution is -0.128. The minimum atomic E-state index is -0.203. The topological polar surface area (TPSA) is 49.4 Å². The molecule has 108 valence electrons. The van der Waals surface area contributed by atoms with Crippen LogP contribution in [0.4, 0.5) is 0 Å². The van der Waals surface area contributed by atoms with Crippen LogP contribution >= 0.6 is 11.8 Å². The number of amides is 2. The zero-order valence-electron chi connectivity index (χ0n) is 11.9. The number of rotatable bonds is 5. The highest BCUT2D eigenvalue weighted by atomic mass is 32.2. The molecule has 1 aromatic carbocycles. The number of carbonyl (C=O) groups excluding carboxylic acids is 2. The maximum atomic E-state index is 12.1. The van der Waals surface area contributed by atoms with Gasteiger partial charge in [-0.3, -0.25) is 9.59 Å². The van der Waals surface area contributed by atoms with E-state index in [9.17, 15) is 9.59 Å². The monoisotopic (exact) mass is 292 g/mol. The number of carbonyl (C=O) groups is 2. The highest BCUT2D eigenvalue weighted by Gasteiger charge is 2.33. The summed E-state index contributed by atoms with van der Waals surface area (Å²) in [6.07, 6.45) is 2.37. The van der Waals surface area contributed by atoms with E-state index in [0.717, 1.165) is 5.56 Å². The molecule has 0 radical (unpaired) electrons. The van der Waals surface area contributed by atoms with Crippen LogP contribution in [0.15, 0.2) is 29.2 Å². The Morgan fingerprint density at radius 2 is 2.30 bits per heavy atom. The average Bonchev–Trinajstić information content (AvgIpc) is 2.86. The lowest BCUT2D eigenvalue weighted by atomic mass is 10.1. The molecule has 1 aromatic rings. The Morgan fingerprint density at radius 3 is 2.95 bits per heavy atom. The second kappa shape index (κ2) is 6.79. The molecule has 2 amide bonds. The minimum absolute atomic E-state index is 0.0242. The van der Waals surface area contributed by atoms with Gasteiger partial charge in [0.1, 0.15) is 0 Å². The fourth-order valence-electron chi connectivity index (χ4n) is 2.37. The lowest BCUT2D eigenvalue weighted by Gasteiger charge is -2.13. The predicted molar refractivity (Wildman–Crippen MR) is 80.4 cm³/mol. The number of nitrogens with zero attached hydrogens (tertiary/aromatic N) is 1. The summed E-state index contributed by atoms with van der Waals surface area (Å²) in [7, 11) is 0. The van der Waals surface area contributed by atoms with Crippen LogP contribution in [0.2, 0.25) is 0 Å². The van der Waals surface area contributed by atoms with E-state index in [0.29, 0.717) is 26.1 Å². The summed E-state index contributed by atoms with van der Waals surface area (Å²) < 4.78 is 0. The molecule has 0 saturated carbocycles. The minimum Gasteiger partial charge on any atom is -0.352 e. The molecule has 1 fully saturated rings. The molecular formula is C15H20N2O2S. The van der Waals surface area contributed by atoms with Crippen molar-refractivity contribution < 1.29 is 9.59 Å². The average molecular weight is 292 g/mol. The molecule has 4 nitrogen and oxygen atoms in total. The second-order valence-electron chi connectivity index (χ2n) is 4.90. The number of likely N-dealkylation sites (tertiary alicyclic amines) is 1. The summed E-state index contributed by atoms with van der Waals surface area (Å²) >= 11 is 1.68. The van der Waals surface area contributed by atoms with Crippen molar-refractivity contribution in [3.8, 4) is 0 Å². The maximum Gasteiger partial charge on any atom is 0.225 e. The van der Waals surface area contributed by atoms with Gasteiger partial charge in [-0.2, -0.15) is 0 Å². The fourth-order valence-corrected chi connectivity index (χ4v) is 2.85. The van der Waals surface area contributed by atoms with Crippen molar-refractivity contribution in [2.24, 2.45) is 5.92 Å². The van der Waals surface area contributed by atoms with Crippen LogP contribution in [0.3, 0.4) is 0 Å². The number of hydrogen-bond acceptors (Lipinski definition) is 3. The largest absolute Gasteiger partial charge is 0.352 e. The first kappa shape index (κ1) is 14.9. The Labute approximate surface area is 123 Å². The third-order valence-corrected chi connectivity index (χ3v) is 4.29. The summed E-state index contributed by atoms with van der Waals surface area (Å²) in [5, 5.41) is 2.93. The van der Waals surface area contributed by atoms with Gasteiger partial charge in [0.25, 0.3) is 0 Å².